The molecule has 0 radical (unpaired) electrons. The van der Waals surface area contributed by atoms with Crippen LogP contribution in [0.2, 0.25) is 5.02 Å². The van der Waals surface area contributed by atoms with Crippen LogP contribution in [-0.2, 0) is 0 Å². The van der Waals surface area contributed by atoms with Gasteiger partial charge in [-0.15, -0.1) is 0 Å². The van der Waals surface area contributed by atoms with Crippen LogP contribution >= 0.6 is 27.5 Å². The van der Waals surface area contributed by atoms with Crippen molar-refractivity contribution in [1.82, 2.24) is 9.97 Å². The lowest BCUT2D eigenvalue weighted by atomic mass is 10.2. The third kappa shape index (κ3) is 3.21. The Kier molecular flexibility index (Phi) is 4.01. The minimum absolute atomic E-state index is 0.0749. The summed E-state index contributed by atoms with van der Waals surface area (Å²) in [5.41, 5.74) is 1.10. The molecule has 2 rings (SSSR count). The number of carboxylic acid groups (broad SMARTS) is 1. The van der Waals surface area contributed by atoms with Gasteiger partial charge in [-0.1, -0.05) is 27.5 Å². The zero-order valence-electron chi connectivity index (χ0n) is 9.82. The Morgan fingerprint density at radius 2 is 2.21 bits per heavy atom. The fourth-order valence-electron chi connectivity index (χ4n) is 1.45. The minimum atomic E-state index is -1.05. The first-order valence-corrected chi connectivity index (χ1v) is 6.43. The SMILES string of the molecule is Cc1nc(Nc2cc(Br)ccc2Cl)ncc1C(=O)O. The molecule has 0 spiro atoms. The largest absolute Gasteiger partial charge is 0.478 e. The molecule has 0 bridgehead atoms. The van der Waals surface area contributed by atoms with E-state index in [-0.39, 0.29) is 5.56 Å². The van der Waals surface area contributed by atoms with E-state index in [2.05, 4.69) is 31.2 Å². The molecule has 0 aliphatic carbocycles. The van der Waals surface area contributed by atoms with Crippen molar-refractivity contribution in [2.45, 2.75) is 6.92 Å². The maximum Gasteiger partial charge on any atom is 0.339 e. The highest BCUT2D eigenvalue weighted by Gasteiger charge is 2.10. The molecule has 98 valence electrons. The Bertz CT molecular complexity index is 649. The third-order valence-corrected chi connectivity index (χ3v) is 3.21. The highest BCUT2D eigenvalue weighted by molar-refractivity contribution is 9.10. The number of hydrogen-bond donors (Lipinski definition) is 2. The summed E-state index contributed by atoms with van der Waals surface area (Å²) in [6.07, 6.45) is 1.26. The van der Waals surface area contributed by atoms with Crippen LogP contribution in [0.5, 0.6) is 0 Å². The number of aromatic nitrogens is 2. The molecular weight excluding hydrogens is 334 g/mol. The molecule has 1 aromatic carbocycles. The van der Waals surface area contributed by atoms with Gasteiger partial charge in [-0.3, -0.25) is 0 Å². The maximum absolute atomic E-state index is 10.9. The van der Waals surface area contributed by atoms with Gasteiger partial charge in [0.2, 0.25) is 5.95 Å². The zero-order chi connectivity index (χ0) is 14.0. The van der Waals surface area contributed by atoms with Gasteiger partial charge in [0.05, 0.1) is 22.0 Å². The van der Waals surface area contributed by atoms with E-state index in [4.69, 9.17) is 16.7 Å². The van der Waals surface area contributed by atoms with E-state index in [1.165, 1.54) is 6.20 Å². The molecule has 1 aromatic heterocycles. The van der Waals surface area contributed by atoms with Gasteiger partial charge in [-0.05, 0) is 25.1 Å². The van der Waals surface area contributed by atoms with Crippen LogP contribution in [0.4, 0.5) is 11.6 Å². The second kappa shape index (κ2) is 5.54. The Balaban J connectivity index is 2.31. The number of aryl methyl sites for hydroxylation is 1. The van der Waals surface area contributed by atoms with Crippen molar-refractivity contribution < 1.29 is 9.90 Å². The normalized spacial score (nSPS) is 10.3. The molecule has 0 fully saturated rings. The van der Waals surface area contributed by atoms with Crippen molar-refractivity contribution in [1.29, 1.82) is 0 Å². The molecule has 0 unspecified atom stereocenters. The van der Waals surface area contributed by atoms with Crippen LogP contribution in [0.3, 0.4) is 0 Å². The Morgan fingerprint density at radius 1 is 1.47 bits per heavy atom. The Hall–Kier alpha value is -1.66. The van der Waals surface area contributed by atoms with Crippen molar-refractivity contribution in [2.24, 2.45) is 0 Å². The van der Waals surface area contributed by atoms with Gasteiger partial charge in [0.25, 0.3) is 0 Å². The standard InChI is InChI=1S/C12H9BrClN3O2/c1-6-8(11(18)19)5-15-12(16-6)17-10-4-7(13)2-3-9(10)14/h2-5H,1H3,(H,18,19)(H,15,16,17). The van der Waals surface area contributed by atoms with Crippen molar-refractivity contribution in [3.05, 3.63) is 45.1 Å². The number of aromatic carboxylic acids is 1. The average Bonchev–Trinajstić information content (AvgIpc) is 2.33. The highest BCUT2D eigenvalue weighted by Crippen LogP contribution is 2.27. The molecule has 7 heteroatoms. The smallest absolute Gasteiger partial charge is 0.339 e. The molecule has 0 amide bonds. The van der Waals surface area contributed by atoms with E-state index >= 15 is 0 Å². The first kappa shape index (κ1) is 13.8. The molecule has 5 nitrogen and oxygen atoms in total. The minimum Gasteiger partial charge on any atom is -0.478 e. The lowest BCUT2D eigenvalue weighted by molar-refractivity contribution is 0.0695. The number of rotatable bonds is 3. The lowest BCUT2D eigenvalue weighted by Crippen LogP contribution is -2.06. The molecular formula is C12H9BrClN3O2. The van der Waals surface area contributed by atoms with Crippen LogP contribution in [-0.4, -0.2) is 21.0 Å². The van der Waals surface area contributed by atoms with Gasteiger partial charge in [-0.25, -0.2) is 14.8 Å². The molecule has 0 saturated carbocycles. The predicted octanol–water partition coefficient (Wildman–Crippen LogP) is 3.64. The molecule has 0 atom stereocenters. The molecule has 0 aliphatic heterocycles. The number of hydrogen-bond acceptors (Lipinski definition) is 4. The number of halogens is 2. The highest BCUT2D eigenvalue weighted by atomic mass is 79.9. The Labute approximate surface area is 122 Å². The summed E-state index contributed by atoms with van der Waals surface area (Å²) in [6, 6.07) is 5.33. The number of nitrogens with zero attached hydrogens (tertiary/aromatic N) is 2. The van der Waals surface area contributed by atoms with Gasteiger partial charge in [0.1, 0.15) is 0 Å². The van der Waals surface area contributed by atoms with Gasteiger partial charge >= 0.3 is 5.97 Å². The van der Waals surface area contributed by atoms with Gasteiger partial charge < -0.3 is 10.4 Å². The van der Waals surface area contributed by atoms with E-state index in [0.717, 1.165) is 4.47 Å². The van der Waals surface area contributed by atoms with Gasteiger partial charge in [0.15, 0.2) is 0 Å². The summed E-state index contributed by atoms with van der Waals surface area (Å²) in [6.45, 7) is 1.61. The number of nitrogens with one attached hydrogen (secondary N) is 1. The molecule has 1 heterocycles. The topological polar surface area (TPSA) is 75.1 Å². The zero-order valence-corrected chi connectivity index (χ0v) is 12.2. The number of anilines is 2. The molecule has 0 aliphatic rings. The first-order chi connectivity index (χ1) is 8.97. The van der Waals surface area contributed by atoms with Crippen LogP contribution in [0.1, 0.15) is 16.1 Å². The fourth-order valence-corrected chi connectivity index (χ4v) is 1.98. The molecule has 2 aromatic rings. The third-order valence-electron chi connectivity index (χ3n) is 2.38. The first-order valence-electron chi connectivity index (χ1n) is 5.26. The summed E-state index contributed by atoms with van der Waals surface area (Å²) in [5.74, 6) is -0.757. The predicted molar refractivity (Wildman–Crippen MR) is 76.2 cm³/mol. The van der Waals surface area contributed by atoms with Crippen LogP contribution in [0.15, 0.2) is 28.9 Å². The van der Waals surface area contributed by atoms with Crippen molar-refractivity contribution in [3.63, 3.8) is 0 Å². The molecule has 0 saturated heterocycles. The molecule has 2 N–H and O–H groups in total. The fraction of sp³-hybridized carbons (Fsp3) is 0.0833. The quantitative estimate of drug-likeness (QED) is 0.890. The summed E-state index contributed by atoms with van der Waals surface area (Å²) in [7, 11) is 0. The lowest BCUT2D eigenvalue weighted by Gasteiger charge is -2.08. The second-order valence-corrected chi connectivity index (χ2v) is 5.07. The van der Waals surface area contributed by atoms with E-state index in [1.807, 2.05) is 6.07 Å². The summed E-state index contributed by atoms with van der Waals surface area (Å²) < 4.78 is 0.860. The van der Waals surface area contributed by atoms with Gasteiger partial charge in [0, 0.05) is 10.7 Å². The number of carbonyl (C=O) groups is 1. The second-order valence-electron chi connectivity index (χ2n) is 3.75. The van der Waals surface area contributed by atoms with Crippen LogP contribution < -0.4 is 5.32 Å². The maximum atomic E-state index is 10.9. The van der Waals surface area contributed by atoms with E-state index in [0.29, 0.717) is 22.4 Å². The van der Waals surface area contributed by atoms with Crippen molar-refractivity contribution >= 4 is 45.1 Å². The monoisotopic (exact) mass is 341 g/mol. The van der Waals surface area contributed by atoms with E-state index in [9.17, 15) is 4.79 Å². The summed E-state index contributed by atoms with van der Waals surface area (Å²) >= 11 is 9.37. The van der Waals surface area contributed by atoms with E-state index < -0.39 is 5.97 Å². The average molecular weight is 343 g/mol. The summed E-state index contributed by atoms with van der Waals surface area (Å²) in [5, 5.41) is 12.4. The van der Waals surface area contributed by atoms with Crippen LogP contribution in [0, 0.1) is 6.92 Å². The van der Waals surface area contributed by atoms with E-state index in [1.54, 1.807) is 19.1 Å². The van der Waals surface area contributed by atoms with Crippen LogP contribution in [0.25, 0.3) is 0 Å². The molecule has 19 heavy (non-hydrogen) atoms. The number of benzene rings is 1. The van der Waals surface area contributed by atoms with Crippen molar-refractivity contribution in [2.75, 3.05) is 5.32 Å². The Morgan fingerprint density at radius 3 is 2.84 bits per heavy atom. The number of carboxylic acids is 1. The van der Waals surface area contributed by atoms with Gasteiger partial charge in [-0.2, -0.15) is 0 Å². The summed E-state index contributed by atoms with van der Waals surface area (Å²) in [4.78, 5) is 18.9. The van der Waals surface area contributed by atoms with Crippen molar-refractivity contribution in [3.8, 4) is 0 Å².